The predicted molar refractivity (Wildman–Crippen MR) is 88.6 cm³/mol. The Kier molecular flexibility index (Phi) is 5.28. The van der Waals surface area contributed by atoms with Gasteiger partial charge in [-0.25, -0.2) is 9.48 Å². The fraction of sp³-hybridized carbons (Fsp3) is 0.643. The van der Waals surface area contributed by atoms with Crippen LogP contribution in [0.15, 0.2) is 9.59 Å². The maximum atomic E-state index is 12.6. The Hall–Kier alpha value is -1.76. The minimum Gasteiger partial charge on any atom is -0.383 e. The molecule has 0 fully saturated rings. The summed E-state index contributed by atoms with van der Waals surface area (Å²) in [4.78, 5) is 25.2. The molecule has 0 unspecified atom stereocenters. The number of fused-ring (bicyclic) bond motifs is 1. The molecule has 0 aliphatic carbocycles. The average Bonchev–Trinajstić information content (AvgIpc) is 2.81. The Bertz CT molecular complexity index is 774. The van der Waals surface area contributed by atoms with Crippen LogP contribution in [0.5, 0.6) is 0 Å². The summed E-state index contributed by atoms with van der Waals surface area (Å²) >= 11 is 5.73. The highest BCUT2D eigenvalue weighted by Gasteiger charge is 2.19. The second-order valence-corrected chi connectivity index (χ2v) is 5.56. The van der Waals surface area contributed by atoms with Gasteiger partial charge in [0, 0.05) is 19.0 Å². The van der Waals surface area contributed by atoms with Gasteiger partial charge >= 0.3 is 5.69 Å². The topological polar surface area (TPSA) is 87.8 Å². The second-order valence-electron chi connectivity index (χ2n) is 5.19. The molecule has 122 valence electrons. The molecule has 0 saturated carbocycles. The van der Waals surface area contributed by atoms with Crippen molar-refractivity contribution in [1.82, 2.24) is 18.9 Å². The van der Waals surface area contributed by atoms with E-state index in [0.29, 0.717) is 36.5 Å². The van der Waals surface area contributed by atoms with Crippen molar-refractivity contribution in [1.29, 1.82) is 0 Å². The summed E-state index contributed by atoms with van der Waals surface area (Å²) in [5.74, 6) is 0.603. The van der Waals surface area contributed by atoms with E-state index in [4.69, 9.17) is 17.3 Å². The number of anilines is 1. The number of aryl methyl sites for hydroxylation is 2. The van der Waals surface area contributed by atoms with Crippen LogP contribution in [-0.2, 0) is 19.6 Å². The average molecular weight is 328 g/mol. The molecule has 0 aliphatic heterocycles. The SMILES string of the molecule is CCCCCn1c(=O)c2c(N)n(CCCl)nc2n(CC)c1=O. The summed E-state index contributed by atoms with van der Waals surface area (Å²) in [6, 6.07) is 0. The molecule has 2 heterocycles. The van der Waals surface area contributed by atoms with Crippen molar-refractivity contribution in [3.05, 3.63) is 20.8 Å². The monoisotopic (exact) mass is 327 g/mol. The zero-order chi connectivity index (χ0) is 16.3. The lowest BCUT2D eigenvalue weighted by atomic mass is 10.2. The van der Waals surface area contributed by atoms with Crippen LogP contribution in [-0.4, -0.2) is 24.8 Å². The molecule has 2 aromatic heterocycles. The Morgan fingerprint density at radius 1 is 1.14 bits per heavy atom. The van der Waals surface area contributed by atoms with E-state index in [-0.39, 0.29) is 17.1 Å². The van der Waals surface area contributed by atoms with E-state index in [2.05, 4.69) is 12.0 Å². The van der Waals surface area contributed by atoms with E-state index in [1.165, 1.54) is 13.8 Å². The smallest absolute Gasteiger partial charge is 0.332 e. The third-order valence-electron chi connectivity index (χ3n) is 3.75. The summed E-state index contributed by atoms with van der Waals surface area (Å²) < 4.78 is 4.25. The molecule has 0 bridgehead atoms. The van der Waals surface area contributed by atoms with Crippen molar-refractivity contribution in [2.75, 3.05) is 11.6 Å². The van der Waals surface area contributed by atoms with E-state index >= 15 is 0 Å². The summed E-state index contributed by atoms with van der Waals surface area (Å²) in [5.41, 5.74) is 5.69. The Balaban J connectivity index is 2.70. The van der Waals surface area contributed by atoms with E-state index in [1.807, 2.05) is 6.92 Å². The molecule has 2 N–H and O–H groups in total. The molecule has 0 aromatic carbocycles. The fourth-order valence-electron chi connectivity index (χ4n) is 2.57. The minimum absolute atomic E-state index is 0.270. The zero-order valence-electron chi connectivity index (χ0n) is 13.0. The number of hydrogen-bond acceptors (Lipinski definition) is 4. The number of rotatable bonds is 7. The van der Waals surface area contributed by atoms with Gasteiger partial charge in [0.2, 0.25) is 0 Å². The third kappa shape index (κ3) is 2.77. The highest BCUT2D eigenvalue weighted by molar-refractivity contribution is 6.17. The molecule has 0 radical (unpaired) electrons. The first-order valence-corrected chi connectivity index (χ1v) is 8.15. The van der Waals surface area contributed by atoms with Crippen molar-refractivity contribution in [3.63, 3.8) is 0 Å². The van der Waals surface area contributed by atoms with Gasteiger partial charge in [0.05, 0.1) is 6.54 Å². The Morgan fingerprint density at radius 2 is 1.86 bits per heavy atom. The summed E-state index contributed by atoms with van der Waals surface area (Å²) in [6.45, 7) is 5.15. The standard InChI is InChI=1S/C14H22ClN5O2/c1-3-5-6-8-19-13(21)10-11(16)20(9-7-15)17-12(10)18(4-2)14(19)22/h3-9,16H2,1-2H3. The molecule has 0 amide bonds. The Morgan fingerprint density at radius 3 is 2.45 bits per heavy atom. The van der Waals surface area contributed by atoms with E-state index in [9.17, 15) is 9.59 Å². The molecule has 0 atom stereocenters. The first kappa shape index (κ1) is 16.6. The molecule has 22 heavy (non-hydrogen) atoms. The van der Waals surface area contributed by atoms with Crippen LogP contribution in [0.3, 0.4) is 0 Å². The van der Waals surface area contributed by atoms with Gasteiger partial charge in [-0.05, 0) is 13.3 Å². The molecule has 0 aliphatic rings. The summed E-state index contributed by atoms with van der Waals surface area (Å²) in [6.07, 6.45) is 2.78. The van der Waals surface area contributed by atoms with Crippen molar-refractivity contribution in [2.24, 2.45) is 0 Å². The molecule has 0 spiro atoms. The molecular formula is C14H22ClN5O2. The van der Waals surface area contributed by atoms with Crippen LogP contribution >= 0.6 is 11.6 Å². The molecule has 8 heteroatoms. The van der Waals surface area contributed by atoms with Gasteiger partial charge in [-0.2, -0.15) is 5.10 Å². The van der Waals surface area contributed by atoms with Gasteiger partial charge in [0.25, 0.3) is 5.56 Å². The van der Waals surface area contributed by atoms with Crippen LogP contribution in [0.25, 0.3) is 11.0 Å². The van der Waals surface area contributed by atoms with Crippen molar-refractivity contribution < 1.29 is 0 Å². The van der Waals surface area contributed by atoms with Gasteiger partial charge in [0.1, 0.15) is 11.2 Å². The third-order valence-corrected chi connectivity index (χ3v) is 3.92. The summed E-state index contributed by atoms with van der Waals surface area (Å²) in [5, 5.41) is 4.60. The predicted octanol–water partition coefficient (Wildman–Crippen LogP) is 1.39. The zero-order valence-corrected chi connectivity index (χ0v) is 13.8. The van der Waals surface area contributed by atoms with Crippen LogP contribution in [0.1, 0.15) is 33.1 Å². The van der Waals surface area contributed by atoms with E-state index in [0.717, 1.165) is 19.3 Å². The van der Waals surface area contributed by atoms with Crippen LogP contribution in [0.2, 0.25) is 0 Å². The first-order valence-electron chi connectivity index (χ1n) is 7.62. The largest absolute Gasteiger partial charge is 0.383 e. The molecule has 7 nitrogen and oxygen atoms in total. The lowest BCUT2D eigenvalue weighted by Crippen LogP contribution is -2.40. The van der Waals surface area contributed by atoms with Gasteiger partial charge in [-0.3, -0.25) is 13.9 Å². The van der Waals surface area contributed by atoms with Gasteiger partial charge in [-0.15, -0.1) is 11.6 Å². The molecule has 2 rings (SSSR count). The molecular weight excluding hydrogens is 306 g/mol. The lowest BCUT2D eigenvalue weighted by Gasteiger charge is -2.09. The number of halogens is 1. The number of hydrogen-bond donors (Lipinski definition) is 1. The van der Waals surface area contributed by atoms with E-state index < -0.39 is 0 Å². The van der Waals surface area contributed by atoms with Gasteiger partial charge in [-0.1, -0.05) is 19.8 Å². The van der Waals surface area contributed by atoms with Crippen LogP contribution < -0.4 is 17.0 Å². The Labute approximate surface area is 133 Å². The first-order chi connectivity index (χ1) is 10.6. The maximum absolute atomic E-state index is 12.6. The van der Waals surface area contributed by atoms with Crippen LogP contribution in [0, 0.1) is 0 Å². The number of nitrogen functional groups attached to an aromatic ring is 1. The van der Waals surface area contributed by atoms with Gasteiger partial charge < -0.3 is 5.73 Å². The highest BCUT2D eigenvalue weighted by Crippen LogP contribution is 2.16. The van der Waals surface area contributed by atoms with Crippen molar-refractivity contribution >= 4 is 28.5 Å². The number of nitrogens with zero attached hydrogens (tertiary/aromatic N) is 4. The normalized spacial score (nSPS) is 11.4. The lowest BCUT2D eigenvalue weighted by molar-refractivity contribution is 0.538. The van der Waals surface area contributed by atoms with Crippen LogP contribution in [0.4, 0.5) is 5.82 Å². The maximum Gasteiger partial charge on any atom is 0.332 e. The fourth-order valence-corrected chi connectivity index (χ4v) is 2.73. The number of alkyl halides is 1. The second kappa shape index (κ2) is 7.00. The van der Waals surface area contributed by atoms with Crippen molar-refractivity contribution in [2.45, 2.75) is 52.7 Å². The van der Waals surface area contributed by atoms with Gasteiger partial charge in [0.15, 0.2) is 5.65 Å². The highest BCUT2D eigenvalue weighted by atomic mass is 35.5. The molecule has 2 aromatic rings. The van der Waals surface area contributed by atoms with Crippen molar-refractivity contribution in [3.8, 4) is 0 Å². The summed E-state index contributed by atoms with van der Waals surface area (Å²) in [7, 11) is 0. The molecule has 0 saturated heterocycles. The minimum atomic E-state index is -0.362. The number of nitrogens with two attached hydrogens (primary N) is 1. The van der Waals surface area contributed by atoms with E-state index in [1.54, 1.807) is 0 Å². The quantitative estimate of drug-likeness (QED) is 0.615. The number of aromatic nitrogens is 4. The number of unbranched alkanes of at least 4 members (excludes halogenated alkanes) is 2.